The third-order valence-corrected chi connectivity index (χ3v) is 8.02. The van der Waals surface area contributed by atoms with Crippen molar-refractivity contribution in [3.8, 4) is 5.82 Å². The summed E-state index contributed by atoms with van der Waals surface area (Å²) in [5.74, 6) is -1.34. The van der Waals surface area contributed by atoms with E-state index in [1.165, 1.54) is 47.3 Å². The van der Waals surface area contributed by atoms with Crippen LogP contribution in [0.2, 0.25) is 4.34 Å². The van der Waals surface area contributed by atoms with Crippen molar-refractivity contribution in [2.75, 3.05) is 5.75 Å². The number of ketones is 1. The predicted octanol–water partition coefficient (Wildman–Crippen LogP) is 3.83. The van der Waals surface area contributed by atoms with Gasteiger partial charge in [0.2, 0.25) is 0 Å². The van der Waals surface area contributed by atoms with Gasteiger partial charge in [-0.05, 0) is 47.3 Å². The topological polar surface area (TPSA) is 86.1 Å². The first-order chi connectivity index (χ1) is 14.7. The number of hydrogen-bond donors (Lipinski definition) is 0. The van der Waals surface area contributed by atoms with E-state index >= 15 is 0 Å². The monoisotopic (exact) mass is 476 g/mol. The lowest BCUT2D eigenvalue weighted by Crippen LogP contribution is -2.19. The van der Waals surface area contributed by atoms with Crippen LogP contribution in [0.3, 0.4) is 0 Å². The predicted molar refractivity (Wildman–Crippen MR) is 117 cm³/mol. The second kappa shape index (κ2) is 8.33. The Balaban J connectivity index is 1.52. The van der Waals surface area contributed by atoms with Gasteiger partial charge >= 0.3 is 0 Å². The van der Waals surface area contributed by atoms with E-state index in [1.807, 2.05) is 0 Å². The van der Waals surface area contributed by atoms with Crippen molar-refractivity contribution in [3.05, 3.63) is 87.0 Å². The summed E-state index contributed by atoms with van der Waals surface area (Å²) < 4.78 is 39.8. The highest BCUT2D eigenvalue weighted by atomic mass is 35.5. The summed E-state index contributed by atoms with van der Waals surface area (Å²) in [4.78, 5) is 29.1. The molecule has 0 saturated heterocycles. The molecule has 0 N–H and O–H groups in total. The molecule has 0 aliphatic heterocycles. The molecular weight excluding hydrogens is 463 g/mol. The van der Waals surface area contributed by atoms with Crippen molar-refractivity contribution in [2.24, 2.45) is 0 Å². The zero-order valence-electron chi connectivity index (χ0n) is 15.8. The van der Waals surface area contributed by atoms with Gasteiger partial charge in [-0.3, -0.25) is 14.2 Å². The normalized spacial score (nSPS) is 11.7. The lowest BCUT2D eigenvalue weighted by molar-refractivity contribution is -0.116. The number of benzene rings is 1. The van der Waals surface area contributed by atoms with Crippen LogP contribution in [0.25, 0.3) is 16.6 Å². The zero-order chi connectivity index (χ0) is 22.2. The molecule has 4 aromatic rings. The molecule has 0 bridgehead atoms. The summed E-state index contributed by atoms with van der Waals surface area (Å²) in [5, 5.41) is 0.834. The fourth-order valence-corrected chi connectivity index (χ4v) is 5.89. The number of nitrogens with zero attached hydrogens (tertiary/aromatic N) is 2. The summed E-state index contributed by atoms with van der Waals surface area (Å²) >= 11 is 6.67. The summed E-state index contributed by atoms with van der Waals surface area (Å²) in [6, 6.07) is 11.6. The number of rotatable bonds is 6. The van der Waals surface area contributed by atoms with Gasteiger partial charge in [0.25, 0.3) is 5.56 Å². The molecule has 0 atom stereocenters. The molecule has 0 saturated carbocycles. The number of pyridine rings is 2. The van der Waals surface area contributed by atoms with Crippen molar-refractivity contribution in [3.63, 3.8) is 0 Å². The molecule has 1 aromatic carbocycles. The van der Waals surface area contributed by atoms with Crippen molar-refractivity contribution < 1.29 is 17.6 Å². The van der Waals surface area contributed by atoms with Crippen molar-refractivity contribution in [2.45, 2.75) is 10.6 Å². The Bertz CT molecular complexity index is 1460. The Morgan fingerprint density at radius 2 is 1.94 bits per heavy atom. The van der Waals surface area contributed by atoms with Crippen LogP contribution in [-0.2, 0) is 21.1 Å². The fraction of sp³-hybridized carbons (Fsp3) is 0.0952. The minimum atomic E-state index is -3.75. The van der Waals surface area contributed by atoms with Crippen molar-refractivity contribution in [1.29, 1.82) is 0 Å². The Labute approximate surface area is 185 Å². The van der Waals surface area contributed by atoms with E-state index in [0.29, 0.717) is 21.1 Å². The van der Waals surface area contributed by atoms with E-state index in [1.54, 1.807) is 18.2 Å². The summed E-state index contributed by atoms with van der Waals surface area (Å²) in [6.45, 7) is 0. The maximum atomic E-state index is 13.5. The number of thiophene rings is 1. The molecular formula is C21H14ClFN2O4S2. The van der Waals surface area contributed by atoms with Crippen LogP contribution < -0.4 is 5.56 Å². The number of halogens is 2. The van der Waals surface area contributed by atoms with Crippen LogP contribution in [0.1, 0.15) is 5.56 Å². The smallest absolute Gasteiger partial charge is 0.264 e. The Morgan fingerprint density at radius 1 is 1.13 bits per heavy atom. The highest BCUT2D eigenvalue weighted by Gasteiger charge is 2.21. The molecule has 0 aliphatic rings. The van der Waals surface area contributed by atoms with Crippen molar-refractivity contribution >= 4 is 49.3 Å². The van der Waals surface area contributed by atoms with Crippen LogP contribution in [0.15, 0.2) is 69.9 Å². The van der Waals surface area contributed by atoms with Crippen LogP contribution in [0.4, 0.5) is 4.39 Å². The molecule has 158 valence electrons. The van der Waals surface area contributed by atoms with E-state index in [9.17, 15) is 22.4 Å². The summed E-state index contributed by atoms with van der Waals surface area (Å²) in [7, 11) is -3.75. The second-order valence-electron chi connectivity index (χ2n) is 6.78. The number of fused-ring (bicyclic) bond motifs is 1. The van der Waals surface area contributed by atoms with Gasteiger partial charge in [0.05, 0.1) is 9.72 Å². The van der Waals surface area contributed by atoms with Gasteiger partial charge in [-0.2, -0.15) is 0 Å². The second-order valence-corrected chi connectivity index (χ2v) is 10.7. The molecule has 0 fully saturated rings. The first-order valence-electron chi connectivity index (χ1n) is 8.99. The lowest BCUT2D eigenvalue weighted by atomic mass is 10.1. The Kier molecular flexibility index (Phi) is 5.74. The molecule has 6 nitrogen and oxygen atoms in total. The highest BCUT2D eigenvalue weighted by Crippen LogP contribution is 2.26. The van der Waals surface area contributed by atoms with E-state index in [-0.39, 0.29) is 16.0 Å². The minimum absolute atomic E-state index is 0.0476. The number of aromatic nitrogens is 2. The first-order valence-corrected chi connectivity index (χ1v) is 11.8. The van der Waals surface area contributed by atoms with E-state index in [2.05, 4.69) is 4.98 Å². The Morgan fingerprint density at radius 3 is 2.61 bits per heavy atom. The molecule has 0 aliphatic carbocycles. The minimum Gasteiger partial charge on any atom is -0.298 e. The molecule has 0 amide bonds. The third kappa shape index (κ3) is 4.58. The molecule has 0 unspecified atom stereocenters. The molecule has 31 heavy (non-hydrogen) atoms. The Hall–Kier alpha value is -2.88. The van der Waals surface area contributed by atoms with E-state index in [4.69, 9.17) is 11.6 Å². The molecule has 4 rings (SSSR count). The lowest BCUT2D eigenvalue weighted by Gasteiger charge is -2.08. The maximum absolute atomic E-state index is 13.5. The van der Waals surface area contributed by atoms with Crippen LogP contribution >= 0.6 is 22.9 Å². The first kappa shape index (κ1) is 21.4. The number of carbonyl (C=O) groups is 1. The van der Waals surface area contributed by atoms with Gasteiger partial charge in [-0.15, -0.1) is 11.3 Å². The standard InChI is InChI=1S/C21H14ClFN2O4S2/c22-18-4-6-20(30-18)31(28,29)12-16(26)9-13-1-5-19(24-11-13)25-8-7-14-2-3-15(23)10-17(14)21(25)27/h1-8,10-11H,9,12H2. The SMILES string of the molecule is O=C(Cc1ccc(-n2ccc3ccc(F)cc3c2=O)nc1)CS(=O)(=O)c1ccc(Cl)s1. The largest absolute Gasteiger partial charge is 0.298 e. The summed E-state index contributed by atoms with van der Waals surface area (Å²) in [5.41, 5.74) is 0.0853. The van der Waals surface area contributed by atoms with Gasteiger partial charge in [-0.1, -0.05) is 23.7 Å². The van der Waals surface area contributed by atoms with Crippen LogP contribution in [0.5, 0.6) is 0 Å². The number of Topliss-reactive ketones (excluding diaryl/α,β-unsaturated/α-hetero) is 1. The van der Waals surface area contributed by atoms with E-state index < -0.39 is 32.7 Å². The number of sulfone groups is 1. The molecule has 10 heteroatoms. The van der Waals surface area contributed by atoms with Gasteiger partial charge < -0.3 is 0 Å². The van der Waals surface area contributed by atoms with Crippen LogP contribution in [0, 0.1) is 5.82 Å². The molecule has 3 aromatic heterocycles. The van der Waals surface area contributed by atoms with Crippen molar-refractivity contribution in [1.82, 2.24) is 9.55 Å². The molecule has 0 radical (unpaired) electrons. The average molecular weight is 477 g/mol. The molecule has 0 spiro atoms. The van der Waals surface area contributed by atoms with Gasteiger partial charge in [0, 0.05) is 18.8 Å². The van der Waals surface area contributed by atoms with Gasteiger partial charge in [0.15, 0.2) is 15.6 Å². The zero-order valence-corrected chi connectivity index (χ0v) is 18.2. The quantitative estimate of drug-likeness (QED) is 0.422. The number of hydrogen-bond acceptors (Lipinski definition) is 6. The van der Waals surface area contributed by atoms with Gasteiger partial charge in [0.1, 0.15) is 21.6 Å². The highest BCUT2D eigenvalue weighted by molar-refractivity contribution is 7.94. The fourth-order valence-electron chi connectivity index (χ4n) is 3.08. The summed E-state index contributed by atoms with van der Waals surface area (Å²) in [6.07, 6.45) is 2.82. The third-order valence-electron chi connectivity index (χ3n) is 4.53. The molecule has 3 heterocycles. The maximum Gasteiger partial charge on any atom is 0.264 e. The number of carbonyl (C=O) groups excluding carboxylic acids is 1. The van der Waals surface area contributed by atoms with E-state index in [0.717, 1.165) is 11.3 Å². The average Bonchev–Trinajstić information content (AvgIpc) is 3.16. The van der Waals surface area contributed by atoms with Crippen LogP contribution in [-0.4, -0.2) is 29.5 Å². The van der Waals surface area contributed by atoms with Gasteiger partial charge in [-0.25, -0.2) is 17.8 Å².